The third-order valence-electron chi connectivity index (χ3n) is 5.24. The summed E-state index contributed by atoms with van der Waals surface area (Å²) in [5.74, 6) is 2.61. The molecular weight excluding hydrogens is 232 g/mol. The molecule has 3 rings (SSSR count). The molecule has 1 heterocycles. The van der Waals surface area contributed by atoms with Crippen LogP contribution in [-0.2, 0) is 4.74 Å². The van der Waals surface area contributed by atoms with E-state index in [0.717, 1.165) is 24.3 Å². The maximum absolute atomic E-state index is 6.37. The van der Waals surface area contributed by atoms with Crippen LogP contribution in [0.3, 0.4) is 0 Å². The highest BCUT2D eigenvalue weighted by Crippen LogP contribution is 2.52. The molecule has 2 atom stereocenters. The van der Waals surface area contributed by atoms with E-state index < -0.39 is 0 Å². The lowest BCUT2D eigenvalue weighted by atomic mass is 9.70. The smallest absolute Gasteiger partial charge is 0.0671 e. The fourth-order valence-corrected chi connectivity index (χ4v) is 4.52. The highest BCUT2D eigenvalue weighted by molar-refractivity contribution is 6.18. The van der Waals surface area contributed by atoms with Crippen molar-refractivity contribution in [2.75, 3.05) is 12.5 Å². The SMILES string of the molecule is ClCC1(CC2CCCCC2)CCOC1C1CC1. The Labute approximate surface area is 110 Å². The highest BCUT2D eigenvalue weighted by atomic mass is 35.5. The van der Waals surface area contributed by atoms with Crippen LogP contribution in [0.4, 0.5) is 0 Å². The number of hydrogen-bond donors (Lipinski definition) is 0. The van der Waals surface area contributed by atoms with E-state index in [4.69, 9.17) is 16.3 Å². The van der Waals surface area contributed by atoms with Crippen molar-refractivity contribution in [3.05, 3.63) is 0 Å². The first-order chi connectivity index (χ1) is 8.34. The molecule has 2 heteroatoms. The summed E-state index contributed by atoms with van der Waals surface area (Å²) in [5.41, 5.74) is 0.338. The van der Waals surface area contributed by atoms with E-state index in [2.05, 4.69) is 0 Å². The molecule has 0 aromatic heterocycles. The largest absolute Gasteiger partial charge is 0.377 e. The van der Waals surface area contributed by atoms with Gasteiger partial charge in [0.2, 0.25) is 0 Å². The predicted molar refractivity (Wildman–Crippen MR) is 71.4 cm³/mol. The number of hydrogen-bond acceptors (Lipinski definition) is 1. The van der Waals surface area contributed by atoms with Gasteiger partial charge in [0.05, 0.1) is 6.10 Å². The van der Waals surface area contributed by atoms with Crippen molar-refractivity contribution in [3.8, 4) is 0 Å². The molecule has 3 aliphatic rings. The Morgan fingerprint density at radius 1 is 1.06 bits per heavy atom. The van der Waals surface area contributed by atoms with Gasteiger partial charge in [-0.3, -0.25) is 0 Å². The summed E-state index contributed by atoms with van der Waals surface area (Å²) < 4.78 is 6.04. The van der Waals surface area contributed by atoms with Crippen LogP contribution in [0.5, 0.6) is 0 Å². The Kier molecular flexibility index (Phi) is 3.68. The van der Waals surface area contributed by atoms with Gasteiger partial charge in [-0.05, 0) is 37.5 Å². The van der Waals surface area contributed by atoms with Crippen molar-refractivity contribution in [3.63, 3.8) is 0 Å². The van der Waals surface area contributed by atoms with Gasteiger partial charge in [0.25, 0.3) is 0 Å². The van der Waals surface area contributed by atoms with Gasteiger partial charge in [-0.15, -0.1) is 11.6 Å². The predicted octanol–water partition coefficient (Wildman–Crippen LogP) is 4.38. The van der Waals surface area contributed by atoms with Crippen LogP contribution in [0.15, 0.2) is 0 Å². The van der Waals surface area contributed by atoms with E-state index in [9.17, 15) is 0 Å². The highest BCUT2D eigenvalue weighted by Gasteiger charge is 2.51. The molecule has 0 aromatic rings. The number of rotatable bonds is 4. The Bertz CT molecular complexity index is 258. The third kappa shape index (κ3) is 2.51. The van der Waals surface area contributed by atoms with Crippen LogP contribution in [0.1, 0.15) is 57.8 Å². The van der Waals surface area contributed by atoms with Crippen molar-refractivity contribution < 1.29 is 4.74 Å². The minimum Gasteiger partial charge on any atom is -0.377 e. The third-order valence-corrected chi connectivity index (χ3v) is 5.77. The Morgan fingerprint density at radius 2 is 1.82 bits per heavy atom. The van der Waals surface area contributed by atoms with Crippen LogP contribution < -0.4 is 0 Å². The molecule has 2 aliphatic carbocycles. The summed E-state index contributed by atoms with van der Waals surface area (Å²) in [6.07, 6.45) is 13.0. The maximum atomic E-state index is 6.37. The molecule has 0 radical (unpaired) electrons. The molecule has 2 saturated carbocycles. The van der Waals surface area contributed by atoms with E-state index in [1.807, 2.05) is 0 Å². The van der Waals surface area contributed by atoms with Gasteiger partial charge in [-0.1, -0.05) is 32.1 Å². The van der Waals surface area contributed by atoms with Crippen LogP contribution in [0.25, 0.3) is 0 Å². The molecule has 0 bridgehead atoms. The number of halogens is 1. The van der Waals surface area contributed by atoms with Gasteiger partial charge in [0.15, 0.2) is 0 Å². The first-order valence-electron chi connectivity index (χ1n) is 7.52. The molecule has 0 aromatic carbocycles. The summed E-state index contributed by atoms with van der Waals surface area (Å²) in [4.78, 5) is 0. The molecule has 1 saturated heterocycles. The monoisotopic (exact) mass is 256 g/mol. The summed E-state index contributed by atoms with van der Waals surface area (Å²) in [5, 5.41) is 0. The van der Waals surface area contributed by atoms with E-state index in [1.54, 1.807) is 0 Å². The van der Waals surface area contributed by atoms with Crippen LogP contribution >= 0.6 is 11.6 Å². The lowest BCUT2D eigenvalue weighted by molar-refractivity contribution is 0.0263. The van der Waals surface area contributed by atoms with Gasteiger partial charge < -0.3 is 4.74 Å². The van der Waals surface area contributed by atoms with E-state index in [1.165, 1.54) is 57.8 Å². The van der Waals surface area contributed by atoms with Crippen molar-refractivity contribution in [2.45, 2.75) is 63.9 Å². The second kappa shape index (κ2) is 5.09. The lowest BCUT2D eigenvalue weighted by Crippen LogP contribution is -2.37. The molecule has 2 unspecified atom stereocenters. The maximum Gasteiger partial charge on any atom is 0.0671 e. The standard InChI is InChI=1S/C15H25ClO/c16-11-15(10-12-4-2-1-3-5-12)8-9-17-14(15)13-6-7-13/h12-14H,1-11H2. The zero-order valence-corrected chi connectivity index (χ0v) is 11.6. The van der Waals surface area contributed by atoms with Gasteiger partial charge in [0, 0.05) is 17.9 Å². The van der Waals surface area contributed by atoms with E-state index in [0.29, 0.717) is 11.5 Å². The van der Waals surface area contributed by atoms with Crippen LogP contribution in [-0.4, -0.2) is 18.6 Å². The van der Waals surface area contributed by atoms with E-state index >= 15 is 0 Å². The van der Waals surface area contributed by atoms with Crippen molar-refractivity contribution >= 4 is 11.6 Å². The average Bonchev–Trinajstić information content (AvgIpc) is 3.13. The summed E-state index contributed by atoms with van der Waals surface area (Å²) in [7, 11) is 0. The number of ether oxygens (including phenoxy) is 1. The lowest BCUT2D eigenvalue weighted by Gasteiger charge is -2.37. The summed E-state index contributed by atoms with van der Waals surface area (Å²) >= 11 is 6.37. The summed E-state index contributed by atoms with van der Waals surface area (Å²) in [6.45, 7) is 0.959. The van der Waals surface area contributed by atoms with E-state index in [-0.39, 0.29) is 0 Å². The molecule has 1 aliphatic heterocycles. The zero-order valence-electron chi connectivity index (χ0n) is 10.8. The second-order valence-corrected chi connectivity index (χ2v) is 6.85. The summed E-state index contributed by atoms with van der Waals surface area (Å²) in [6, 6.07) is 0. The number of alkyl halides is 1. The molecule has 17 heavy (non-hydrogen) atoms. The fourth-order valence-electron chi connectivity index (χ4n) is 4.13. The minimum atomic E-state index is 0.338. The second-order valence-electron chi connectivity index (χ2n) is 6.58. The first-order valence-corrected chi connectivity index (χ1v) is 8.05. The van der Waals surface area contributed by atoms with Crippen molar-refractivity contribution in [1.82, 2.24) is 0 Å². The Balaban J connectivity index is 1.67. The Hall–Kier alpha value is 0.250. The molecule has 3 fully saturated rings. The fraction of sp³-hybridized carbons (Fsp3) is 1.00. The van der Waals surface area contributed by atoms with Crippen LogP contribution in [0, 0.1) is 17.3 Å². The minimum absolute atomic E-state index is 0.338. The molecular formula is C15H25ClO. The quantitative estimate of drug-likeness (QED) is 0.679. The molecule has 98 valence electrons. The zero-order chi connectivity index (χ0) is 11.7. The van der Waals surface area contributed by atoms with Gasteiger partial charge >= 0.3 is 0 Å². The average molecular weight is 257 g/mol. The molecule has 0 spiro atoms. The molecule has 0 amide bonds. The van der Waals surface area contributed by atoms with Gasteiger partial charge in [-0.25, -0.2) is 0 Å². The normalized spacial score (nSPS) is 39.7. The van der Waals surface area contributed by atoms with Crippen molar-refractivity contribution in [1.29, 1.82) is 0 Å². The first kappa shape index (κ1) is 12.3. The van der Waals surface area contributed by atoms with Crippen molar-refractivity contribution in [2.24, 2.45) is 17.3 Å². The van der Waals surface area contributed by atoms with Crippen LogP contribution in [0.2, 0.25) is 0 Å². The topological polar surface area (TPSA) is 9.23 Å². The molecule has 1 nitrogen and oxygen atoms in total. The molecule has 0 N–H and O–H groups in total. The Morgan fingerprint density at radius 3 is 2.47 bits per heavy atom. The van der Waals surface area contributed by atoms with Gasteiger partial charge in [0.1, 0.15) is 0 Å². The van der Waals surface area contributed by atoms with Gasteiger partial charge in [-0.2, -0.15) is 0 Å².